The Kier molecular flexibility index (Phi) is 7.23. The average Bonchev–Trinajstić information content (AvgIpc) is 3.90. The second-order valence-corrected chi connectivity index (χ2v) is 13.7. The molecule has 2 aromatic heterocycles. The van der Waals surface area contributed by atoms with Crippen LogP contribution < -0.4 is 0 Å². The molecule has 0 amide bonds. The third kappa shape index (κ3) is 5.12. The predicted molar refractivity (Wildman–Crippen MR) is 205 cm³/mol. The molecule has 0 saturated carbocycles. The molecule has 0 unspecified atom stereocenters. The standard InChI is InChI=1S/C44H28N2S2/c1-2-9-29(10-3-1)30-11-6-12-31(21-30)32-19-20-39-40(24-32)44(36-16-8-14-34(23-36)42-26-46-28-48-42)38-18-5-4-17-37(38)43(39)35-15-7-13-33(22-35)41-25-45-27-47-41/h1-28H. The molecule has 0 aliphatic heterocycles. The van der Waals surface area contributed by atoms with Crippen LogP contribution in [0.2, 0.25) is 0 Å². The maximum Gasteiger partial charge on any atom is 0.0797 e. The van der Waals surface area contributed by atoms with Gasteiger partial charge >= 0.3 is 0 Å². The number of benzene rings is 7. The van der Waals surface area contributed by atoms with Gasteiger partial charge in [-0.25, -0.2) is 0 Å². The van der Waals surface area contributed by atoms with Gasteiger partial charge in [0.15, 0.2) is 0 Å². The minimum atomic E-state index is 1.17. The minimum absolute atomic E-state index is 1.17. The number of fused-ring (bicyclic) bond motifs is 2. The van der Waals surface area contributed by atoms with Crippen molar-refractivity contribution in [1.29, 1.82) is 0 Å². The maximum atomic E-state index is 4.36. The Morgan fingerprint density at radius 3 is 1.33 bits per heavy atom. The van der Waals surface area contributed by atoms with E-state index in [4.69, 9.17) is 0 Å². The first-order chi connectivity index (χ1) is 23.8. The van der Waals surface area contributed by atoms with Crippen LogP contribution in [-0.4, -0.2) is 9.97 Å². The number of aromatic nitrogens is 2. The zero-order chi connectivity index (χ0) is 31.9. The van der Waals surface area contributed by atoms with Crippen LogP contribution in [0.15, 0.2) is 169 Å². The zero-order valence-corrected chi connectivity index (χ0v) is 27.5. The van der Waals surface area contributed by atoms with Crippen molar-refractivity contribution >= 4 is 44.2 Å². The Morgan fingerprint density at radius 2 is 0.750 bits per heavy atom. The molecule has 9 rings (SSSR count). The summed E-state index contributed by atoms with van der Waals surface area (Å²) >= 11 is 3.34. The third-order valence-electron chi connectivity index (χ3n) is 9.06. The fraction of sp³-hybridized carbons (Fsp3) is 0. The van der Waals surface area contributed by atoms with Crippen molar-refractivity contribution in [3.8, 4) is 65.4 Å². The molecule has 0 fully saturated rings. The van der Waals surface area contributed by atoms with Gasteiger partial charge < -0.3 is 0 Å². The highest BCUT2D eigenvalue weighted by atomic mass is 32.1. The molecule has 0 N–H and O–H groups in total. The van der Waals surface area contributed by atoms with E-state index in [1.54, 1.807) is 22.7 Å². The summed E-state index contributed by atoms with van der Waals surface area (Å²) in [6.07, 6.45) is 3.91. The number of thiazole rings is 2. The summed E-state index contributed by atoms with van der Waals surface area (Å²) in [5.41, 5.74) is 15.9. The van der Waals surface area contributed by atoms with Gasteiger partial charge in [-0.2, -0.15) is 0 Å². The van der Waals surface area contributed by atoms with Gasteiger partial charge in [0.1, 0.15) is 0 Å². The molecule has 0 aliphatic carbocycles. The van der Waals surface area contributed by atoms with E-state index in [2.05, 4.69) is 156 Å². The lowest BCUT2D eigenvalue weighted by molar-refractivity contribution is 1.42. The monoisotopic (exact) mass is 648 g/mol. The topological polar surface area (TPSA) is 25.8 Å². The van der Waals surface area contributed by atoms with Crippen LogP contribution in [-0.2, 0) is 0 Å². The third-order valence-corrected chi connectivity index (χ3v) is 10.7. The van der Waals surface area contributed by atoms with Crippen molar-refractivity contribution in [2.45, 2.75) is 0 Å². The van der Waals surface area contributed by atoms with Crippen molar-refractivity contribution < 1.29 is 0 Å². The van der Waals surface area contributed by atoms with Crippen LogP contribution >= 0.6 is 22.7 Å². The number of nitrogens with zero attached hydrogens (tertiary/aromatic N) is 2. The molecule has 48 heavy (non-hydrogen) atoms. The Bertz CT molecular complexity index is 2550. The van der Waals surface area contributed by atoms with Crippen LogP contribution in [0.3, 0.4) is 0 Å². The average molecular weight is 649 g/mol. The SMILES string of the molecule is c1ccc(-c2cccc(-c3ccc4c(-c5cccc(-c6cncs6)c5)c5ccccc5c(-c5cccc(-c6cncs6)c5)c4c3)c2)cc1. The first-order valence-electron chi connectivity index (χ1n) is 15.9. The first kappa shape index (κ1) is 28.5. The van der Waals surface area contributed by atoms with Gasteiger partial charge in [-0.15, -0.1) is 22.7 Å². The van der Waals surface area contributed by atoms with Crippen molar-refractivity contribution in [2.24, 2.45) is 0 Å². The van der Waals surface area contributed by atoms with Gasteiger partial charge in [-0.1, -0.05) is 121 Å². The van der Waals surface area contributed by atoms with Crippen LogP contribution in [0.5, 0.6) is 0 Å². The van der Waals surface area contributed by atoms with E-state index in [9.17, 15) is 0 Å². The van der Waals surface area contributed by atoms with Gasteiger partial charge in [0.2, 0.25) is 0 Å². The highest BCUT2D eigenvalue weighted by Gasteiger charge is 2.19. The second-order valence-electron chi connectivity index (χ2n) is 11.9. The van der Waals surface area contributed by atoms with Crippen molar-refractivity contribution in [2.75, 3.05) is 0 Å². The fourth-order valence-electron chi connectivity index (χ4n) is 6.86. The van der Waals surface area contributed by atoms with Gasteiger partial charge in [-0.3, -0.25) is 9.97 Å². The number of hydrogen-bond acceptors (Lipinski definition) is 4. The quantitative estimate of drug-likeness (QED) is 0.168. The van der Waals surface area contributed by atoms with E-state index in [0.29, 0.717) is 0 Å². The van der Waals surface area contributed by atoms with Crippen LogP contribution in [0.4, 0.5) is 0 Å². The molecule has 2 nitrogen and oxygen atoms in total. The van der Waals surface area contributed by atoms with E-state index < -0.39 is 0 Å². The molecule has 7 aromatic carbocycles. The highest BCUT2D eigenvalue weighted by molar-refractivity contribution is 7.13. The molecular formula is C44H28N2S2. The highest BCUT2D eigenvalue weighted by Crippen LogP contribution is 2.46. The summed E-state index contributed by atoms with van der Waals surface area (Å²) in [5, 5.41) is 4.94. The minimum Gasteiger partial charge on any atom is -0.252 e. The molecule has 0 spiro atoms. The van der Waals surface area contributed by atoms with Crippen LogP contribution in [0, 0.1) is 0 Å². The van der Waals surface area contributed by atoms with Crippen molar-refractivity contribution in [3.63, 3.8) is 0 Å². The molecule has 0 saturated heterocycles. The summed E-state index contributed by atoms with van der Waals surface area (Å²) in [5.74, 6) is 0. The summed E-state index contributed by atoms with van der Waals surface area (Å²) in [6, 6.07) is 53.2. The van der Waals surface area contributed by atoms with Gasteiger partial charge in [-0.05, 0) is 101 Å². The Hall–Kier alpha value is -5.68. The normalized spacial score (nSPS) is 11.3. The lowest BCUT2D eigenvalue weighted by Gasteiger charge is -2.19. The van der Waals surface area contributed by atoms with E-state index >= 15 is 0 Å². The van der Waals surface area contributed by atoms with Crippen LogP contribution in [0.25, 0.3) is 86.9 Å². The smallest absolute Gasteiger partial charge is 0.0797 e. The molecule has 226 valence electrons. The molecule has 4 heteroatoms. The summed E-state index contributed by atoms with van der Waals surface area (Å²) in [7, 11) is 0. The van der Waals surface area contributed by atoms with Gasteiger partial charge in [0.05, 0.1) is 20.8 Å². The summed E-state index contributed by atoms with van der Waals surface area (Å²) in [6.45, 7) is 0. The predicted octanol–water partition coefficient (Wildman–Crippen LogP) is 12.9. The summed E-state index contributed by atoms with van der Waals surface area (Å²) < 4.78 is 0. The first-order valence-corrected chi connectivity index (χ1v) is 17.7. The van der Waals surface area contributed by atoms with E-state index in [0.717, 1.165) is 0 Å². The molecule has 9 aromatic rings. The molecule has 2 heterocycles. The zero-order valence-electron chi connectivity index (χ0n) is 25.9. The lowest BCUT2D eigenvalue weighted by atomic mass is 9.84. The van der Waals surface area contributed by atoms with Gasteiger partial charge in [0, 0.05) is 12.4 Å². The second kappa shape index (κ2) is 12.2. The Balaban J connectivity index is 1.33. The van der Waals surface area contributed by atoms with Crippen LogP contribution in [0.1, 0.15) is 0 Å². The lowest BCUT2D eigenvalue weighted by Crippen LogP contribution is -1.92. The Morgan fingerprint density at radius 1 is 0.312 bits per heavy atom. The van der Waals surface area contributed by atoms with E-state index in [1.807, 2.05) is 23.4 Å². The van der Waals surface area contributed by atoms with E-state index in [-0.39, 0.29) is 0 Å². The number of rotatable bonds is 6. The number of hydrogen-bond donors (Lipinski definition) is 0. The van der Waals surface area contributed by atoms with Crippen molar-refractivity contribution in [3.05, 3.63) is 169 Å². The Labute approximate surface area is 287 Å². The summed E-state index contributed by atoms with van der Waals surface area (Å²) in [4.78, 5) is 11.0. The molecule has 0 atom stereocenters. The molecule has 0 aliphatic rings. The molecule has 0 radical (unpaired) electrons. The largest absolute Gasteiger partial charge is 0.252 e. The van der Waals surface area contributed by atoms with Crippen molar-refractivity contribution in [1.82, 2.24) is 9.97 Å². The van der Waals surface area contributed by atoms with E-state index in [1.165, 1.54) is 86.9 Å². The van der Waals surface area contributed by atoms with Gasteiger partial charge in [0.25, 0.3) is 0 Å². The maximum absolute atomic E-state index is 4.36. The fourth-order valence-corrected chi connectivity index (χ4v) is 8.10. The molecular weight excluding hydrogens is 621 g/mol. The molecule has 0 bridgehead atoms.